The Hall–Kier alpha value is -2.56. The van der Waals surface area contributed by atoms with Crippen molar-refractivity contribution in [2.24, 2.45) is 0 Å². The molecule has 0 aliphatic rings. The molecule has 0 saturated carbocycles. The van der Waals surface area contributed by atoms with Gasteiger partial charge in [0.05, 0.1) is 5.56 Å². The Morgan fingerprint density at radius 1 is 1.19 bits per heavy atom. The molecule has 0 spiro atoms. The van der Waals surface area contributed by atoms with E-state index in [-0.39, 0.29) is 12.5 Å². The predicted octanol–water partition coefficient (Wildman–Crippen LogP) is 2.62. The van der Waals surface area contributed by atoms with E-state index in [9.17, 15) is 9.59 Å². The zero-order valence-electron chi connectivity index (χ0n) is 11.9. The van der Waals surface area contributed by atoms with Crippen LogP contribution in [-0.4, -0.2) is 40.0 Å². The molecule has 1 heterocycles. The highest BCUT2D eigenvalue weighted by Gasteiger charge is 2.21. The summed E-state index contributed by atoms with van der Waals surface area (Å²) in [7, 11) is 0. The monoisotopic (exact) mass is 286 g/mol. The molecule has 0 fully saturated rings. The largest absolute Gasteiger partial charge is 0.480 e. The molecule has 0 saturated heterocycles. The molecule has 2 aromatic rings. The van der Waals surface area contributed by atoms with Crippen LogP contribution in [0.4, 0.5) is 0 Å². The molecular weight excluding hydrogens is 268 g/mol. The lowest BCUT2D eigenvalue weighted by atomic mass is 10.0. The minimum absolute atomic E-state index is 0.264. The Balaban J connectivity index is 2.31. The van der Waals surface area contributed by atoms with Crippen LogP contribution in [0.5, 0.6) is 0 Å². The normalized spacial score (nSPS) is 10.3. The van der Waals surface area contributed by atoms with E-state index in [4.69, 9.17) is 5.11 Å². The lowest BCUT2D eigenvalue weighted by Gasteiger charge is -2.20. The van der Waals surface area contributed by atoms with Gasteiger partial charge >= 0.3 is 5.97 Å². The van der Waals surface area contributed by atoms with Crippen LogP contribution in [0.25, 0.3) is 11.1 Å². The van der Waals surface area contributed by atoms with Crippen LogP contribution in [0, 0.1) is 0 Å². The fourth-order valence-electron chi connectivity index (χ4n) is 2.25. The Labute approximate surface area is 123 Å². The number of aliphatic carboxylic acids is 1. The first-order valence-corrected chi connectivity index (χ1v) is 6.86. The number of carboxylic acids is 1. The van der Waals surface area contributed by atoms with Gasteiger partial charge in [0.2, 0.25) is 0 Å². The second-order valence-electron chi connectivity index (χ2n) is 4.77. The number of aromatic amines is 1. The maximum atomic E-state index is 12.6. The predicted molar refractivity (Wildman–Crippen MR) is 80.1 cm³/mol. The standard InChI is InChI=1S/C16H18N2O3/c1-2-8-18(11-15(19)20)16(21)14-10-17-9-13(14)12-6-4-3-5-7-12/h3-7,9-10,17H,2,8,11H2,1H3,(H,19,20). The molecule has 0 radical (unpaired) electrons. The maximum Gasteiger partial charge on any atom is 0.323 e. The third-order valence-corrected chi connectivity index (χ3v) is 3.17. The maximum absolute atomic E-state index is 12.6. The summed E-state index contributed by atoms with van der Waals surface area (Å²) in [4.78, 5) is 27.8. The Kier molecular flexibility index (Phi) is 4.77. The summed E-state index contributed by atoms with van der Waals surface area (Å²) in [6.45, 7) is 2.05. The summed E-state index contributed by atoms with van der Waals surface area (Å²) in [6, 6.07) is 9.55. The summed E-state index contributed by atoms with van der Waals surface area (Å²) in [5, 5.41) is 8.94. The van der Waals surface area contributed by atoms with Gasteiger partial charge in [-0.25, -0.2) is 0 Å². The van der Waals surface area contributed by atoms with Crippen LogP contribution in [0.15, 0.2) is 42.7 Å². The average molecular weight is 286 g/mol. The van der Waals surface area contributed by atoms with E-state index < -0.39 is 5.97 Å². The van der Waals surface area contributed by atoms with E-state index in [1.54, 1.807) is 12.4 Å². The van der Waals surface area contributed by atoms with Gasteiger partial charge in [-0.3, -0.25) is 9.59 Å². The summed E-state index contributed by atoms with van der Waals surface area (Å²) in [6.07, 6.45) is 4.09. The lowest BCUT2D eigenvalue weighted by molar-refractivity contribution is -0.137. The number of hydrogen-bond donors (Lipinski definition) is 2. The zero-order chi connectivity index (χ0) is 15.2. The molecule has 0 aliphatic heterocycles. The number of carbonyl (C=O) groups is 2. The van der Waals surface area contributed by atoms with E-state index in [0.717, 1.165) is 11.1 Å². The highest BCUT2D eigenvalue weighted by molar-refractivity contribution is 6.01. The van der Waals surface area contributed by atoms with Gasteiger partial charge < -0.3 is 15.0 Å². The summed E-state index contributed by atoms with van der Waals surface area (Å²) < 4.78 is 0. The fourth-order valence-corrected chi connectivity index (χ4v) is 2.25. The van der Waals surface area contributed by atoms with Gasteiger partial charge in [0.25, 0.3) is 5.91 Å². The second-order valence-corrected chi connectivity index (χ2v) is 4.77. The summed E-state index contributed by atoms with van der Waals surface area (Å²) >= 11 is 0. The summed E-state index contributed by atoms with van der Waals surface area (Å²) in [5.74, 6) is -1.27. The van der Waals surface area contributed by atoms with Gasteiger partial charge in [-0.2, -0.15) is 0 Å². The van der Waals surface area contributed by atoms with Crippen LogP contribution in [0.2, 0.25) is 0 Å². The van der Waals surface area contributed by atoms with Crippen LogP contribution < -0.4 is 0 Å². The highest BCUT2D eigenvalue weighted by Crippen LogP contribution is 2.24. The van der Waals surface area contributed by atoms with E-state index in [1.807, 2.05) is 37.3 Å². The van der Waals surface area contributed by atoms with Crippen LogP contribution >= 0.6 is 0 Å². The van der Waals surface area contributed by atoms with Crippen molar-refractivity contribution < 1.29 is 14.7 Å². The third-order valence-electron chi connectivity index (χ3n) is 3.17. The second kappa shape index (κ2) is 6.74. The van der Waals surface area contributed by atoms with Crippen molar-refractivity contribution in [3.05, 3.63) is 48.3 Å². The van der Waals surface area contributed by atoms with Crippen molar-refractivity contribution in [2.75, 3.05) is 13.1 Å². The van der Waals surface area contributed by atoms with Crippen LogP contribution in [0.1, 0.15) is 23.7 Å². The number of rotatable bonds is 6. The number of carboxylic acid groups (broad SMARTS) is 1. The fraction of sp³-hybridized carbons (Fsp3) is 0.250. The lowest BCUT2D eigenvalue weighted by Crippen LogP contribution is -2.36. The molecule has 0 aliphatic carbocycles. The molecule has 110 valence electrons. The van der Waals surface area contributed by atoms with Crippen molar-refractivity contribution in [1.29, 1.82) is 0 Å². The Bertz CT molecular complexity index is 619. The van der Waals surface area contributed by atoms with Crippen molar-refractivity contribution >= 4 is 11.9 Å². The SMILES string of the molecule is CCCN(CC(=O)O)C(=O)c1c[nH]cc1-c1ccccc1. The molecule has 5 heteroatoms. The smallest absolute Gasteiger partial charge is 0.323 e. The molecule has 0 unspecified atom stereocenters. The first kappa shape index (κ1) is 14.8. The number of H-pyrrole nitrogens is 1. The first-order valence-electron chi connectivity index (χ1n) is 6.86. The van der Waals surface area contributed by atoms with E-state index >= 15 is 0 Å². The first-order chi connectivity index (χ1) is 10.1. The van der Waals surface area contributed by atoms with E-state index in [1.165, 1.54) is 4.90 Å². The number of hydrogen-bond acceptors (Lipinski definition) is 2. The van der Waals surface area contributed by atoms with E-state index in [2.05, 4.69) is 4.98 Å². The van der Waals surface area contributed by atoms with Gasteiger partial charge in [-0.15, -0.1) is 0 Å². The molecule has 21 heavy (non-hydrogen) atoms. The van der Waals surface area contributed by atoms with Gasteiger partial charge in [0.15, 0.2) is 0 Å². The average Bonchev–Trinajstić information content (AvgIpc) is 2.96. The Morgan fingerprint density at radius 2 is 1.90 bits per heavy atom. The molecule has 5 nitrogen and oxygen atoms in total. The van der Waals surface area contributed by atoms with Gasteiger partial charge in [0, 0.05) is 24.5 Å². The summed E-state index contributed by atoms with van der Waals surface area (Å²) in [5.41, 5.74) is 2.21. The van der Waals surface area contributed by atoms with Crippen molar-refractivity contribution in [3.63, 3.8) is 0 Å². The number of amides is 1. The van der Waals surface area contributed by atoms with Crippen molar-refractivity contribution in [3.8, 4) is 11.1 Å². The molecule has 2 rings (SSSR count). The number of carbonyl (C=O) groups excluding carboxylic acids is 1. The van der Waals surface area contributed by atoms with Gasteiger partial charge in [0.1, 0.15) is 6.54 Å². The van der Waals surface area contributed by atoms with Crippen molar-refractivity contribution in [1.82, 2.24) is 9.88 Å². The zero-order valence-corrected chi connectivity index (χ0v) is 11.9. The Morgan fingerprint density at radius 3 is 2.52 bits per heavy atom. The highest BCUT2D eigenvalue weighted by atomic mass is 16.4. The van der Waals surface area contributed by atoms with E-state index in [0.29, 0.717) is 18.5 Å². The van der Waals surface area contributed by atoms with Crippen LogP contribution in [0.3, 0.4) is 0 Å². The molecular formula is C16H18N2O3. The molecule has 1 aromatic heterocycles. The van der Waals surface area contributed by atoms with Gasteiger partial charge in [-0.1, -0.05) is 37.3 Å². The quantitative estimate of drug-likeness (QED) is 0.857. The van der Waals surface area contributed by atoms with Gasteiger partial charge in [-0.05, 0) is 12.0 Å². The minimum atomic E-state index is -1.01. The molecule has 2 N–H and O–H groups in total. The molecule has 1 amide bonds. The number of benzene rings is 1. The molecule has 1 aromatic carbocycles. The van der Waals surface area contributed by atoms with Crippen LogP contribution in [-0.2, 0) is 4.79 Å². The number of aromatic nitrogens is 1. The third kappa shape index (κ3) is 3.51. The molecule has 0 atom stereocenters. The molecule has 0 bridgehead atoms. The number of nitrogens with one attached hydrogen (secondary N) is 1. The van der Waals surface area contributed by atoms with Crippen molar-refractivity contribution in [2.45, 2.75) is 13.3 Å². The minimum Gasteiger partial charge on any atom is -0.480 e. The number of nitrogens with zero attached hydrogens (tertiary/aromatic N) is 1. The topological polar surface area (TPSA) is 73.4 Å².